The molecule has 0 saturated heterocycles. The van der Waals surface area contributed by atoms with E-state index in [1.165, 1.54) is 44.1 Å². The number of hydrogen-bond acceptors (Lipinski definition) is 0. The molecule has 1 aromatic rings. The zero-order chi connectivity index (χ0) is 16.6. The maximum absolute atomic E-state index is 2.66. The Morgan fingerprint density at radius 1 is 0.913 bits per heavy atom. The lowest BCUT2D eigenvalue weighted by Gasteiger charge is -2.61. The number of aryl methyl sites for hydroxylation is 2. The van der Waals surface area contributed by atoms with E-state index < -0.39 is 0 Å². The first kappa shape index (κ1) is 15.7. The summed E-state index contributed by atoms with van der Waals surface area (Å²) in [6.07, 6.45) is 8.48. The topological polar surface area (TPSA) is 0 Å². The van der Waals surface area contributed by atoms with Crippen LogP contribution in [0, 0.1) is 36.5 Å². The predicted molar refractivity (Wildman–Crippen MR) is 98.9 cm³/mol. The molecule has 0 bridgehead atoms. The second-order valence-corrected chi connectivity index (χ2v) is 10.2. The van der Waals surface area contributed by atoms with Crippen molar-refractivity contribution in [3.8, 4) is 0 Å². The third kappa shape index (κ3) is 1.96. The van der Waals surface area contributed by atoms with Crippen LogP contribution in [0.15, 0.2) is 12.1 Å². The molecule has 0 spiro atoms. The lowest BCUT2D eigenvalue weighted by atomic mass is 9.43. The first-order valence-corrected chi connectivity index (χ1v) is 9.79. The molecule has 0 aromatic heterocycles. The Balaban J connectivity index is 1.84. The van der Waals surface area contributed by atoms with E-state index in [-0.39, 0.29) is 0 Å². The molecule has 0 N–H and O–H groups in total. The van der Waals surface area contributed by atoms with Crippen molar-refractivity contribution in [1.29, 1.82) is 0 Å². The fourth-order valence-electron chi connectivity index (χ4n) is 7.66. The third-order valence-electron chi connectivity index (χ3n) is 8.35. The zero-order valence-corrected chi connectivity index (χ0v) is 16.1. The second kappa shape index (κ2) is 4.64. The number of fused-ring (bicyclic) bond motifs is 5. The van der Waals surface area contributed by atoms with E-state index in [1.54, 1.807) is 16.7 Å². The first-order valence-electron chi connectivity index (χ1n) is 9.79. The van der Waals surface area contributed by atoms with Gasteiger partial charge in [0.25, 0.3) is 0 Å². The lowest BCUT2D eigenvalue weighted by Crippen LogP contribution is -2.55. The number of hydrogen-bond donors (Lipinski definition) is 0. The van der Waals surface area contributed by atoms with Gasteiger partial charge in [0, 0.05) is 0 Å². The molecule has 0 heterocycles. The van der Waals surface area contributed by atoms with Crippen LogP contribution in [0.1, 0.15) is 82.1 Å². The molecular weight excluding hydrogens is 276 g/mol. The Bertz CT molecular complexity index is 652. The summed E-state index contributed by atoms with van der Waals surface area (Å²) >= 11 is 0. The highest BCUT2D eigenvalue weighted by Gasteiger charge is 2.61. The van der Waals surface area contributed by atoms with E-state index in [1.807, 2.05) is 0 Å². The molecule has 3 aliphatic rings. The van der Waals surface area contributed by atoms with E-state index in [0.29, 0.717) is 16.2 Å². The highest BCUT2D eigenvalue weighted by Crippen LogP contribution is 2.67. The average Bonchev–Trinajstić information content (AvgIpc) is 2.71. The smallest absolute Gasteiger partial charge is 0.00331 e. The van der Waals surface area contributed by atoms with Gasteiger partial charge in [0.2, 0.25) is 0 Å². The van der Waals surface area contributed by atoms with Gasteiger partial charge in [-0.05, 0) is 90.7 Å². The van der Waals surface area contributed by atoms with Crippen LogP contribution in [0.4, 0.5) is 0 Å². The van der Waals surface area contributed by atoms with Crippen molar-refractivity contribution in [2.75, 3.05) is 0 Å². The van der Waals surface area contributed by atoms with Crippen LogP contribution in [-0.2, 0) is 11.8 Å². The van der Waals surface area contributed by atoms with Gasteiger partial charge in [-0.2, -0.15) is 0 Å². The van der Waals surface area contributed by atoms with Gasteiger partial charge in [-0.15, -0.1) is 0 Å². The molecule has 0 nitrogen and oxygen atoms in total. The van der Waals surface area contributed by atoms with Gasteiger partial charge >= 0.3 is 0 Å². The molecule has 0 unspecified atom stereocenters. The van der Waals surface area contributed by atoms with Crippen LogP contribution in [0.5, 0.6) is 0 Å². The SMILES string of the molecule is Cc1cc(C)c2c(c1)C[C@@H]1[C@@]3(C)CCCC(C)(C)[C@@H]3CC[C@]21C. The largest absolute Gasteiger partial charge is 0.0596 e. The Kier molecular flexibility index (Phi) is 3.18. The van der Waals surface area contributed by atoms with Gasteiger partial charge in [-0.1, -0.05) is 51.8 Å². The molecule has 0 aliphatic heterocycles. The quantitative estimate of drug-likeness (QED) is 0.523. The maximum Gasteiger partial charge on any atom is -0.00331 e. The molecule has 2 saturated carbocycles. The van der Waals surface area contributed by atoms with Crippen LogP contribution >= 0.6 is 0 Å². The Labute approximate surface area is 143 Å². The van der Waals surface area contributed by atoms with Crippen molar-refractivity contribution >= 4 is 0 Å². The van der Waals surface area contributed by atoms with Crippen LogP contribution in [0.25, 0.3) is 0 Å². The lowest BCUT2D eigenvalue weighted by molar-refractivity contribution is -0.0983. The summed E-state index contributed by atoms with van der Waals surface area (Å²) in [6, 6.07) is 4.92. The van der Waals surface area contributed by atoms with Crippen molar-refractivity contribution in [2.24, 2.45) is 22.7 Å². The van der Waals surface area contributed by atoms with Crippen molar-refractivity contribution in [2.45, 2.75) is 85.5 Å². The fraction of sp³-hybridized carbons (Fsp3) is 0.739. The standard InChI is InChI=1S/C23H34/c1-15-12-16(2)20-17(13-15)14-19-22(5)10-7-9-21(3,4)18(22)8-11-23(19,20)6/h12-13,18-19H,7-11,14H2,1-6H3/t18-,19+,22-,23-/m0/s1. The van der Waals surface area contributed by atoms with Gasteiger partial charge in [0.15, 0.2) is 0 Å². The monoisotopic (exact) mass is 310 g/mol. The Morgan fingerprint density at radius 3 is 2.39 bits per heavy atom. The molecule has 23 heavy (non-hydrogen) atoms. The Hall–Kier alpha value is -0.780. The molecule has 1 aromatic carbocycles. The van der Waals surface area contributed by atoms with Crippen LogP contribution in [0.3, 0.4) is 0 Å². The zero-order valence-electron chi connectivity index (χ0n) is 16.1. The van der Waals surface area contributed by atoms with Gasteiger partial charge in [-0.3, -0.25) is 0 Å². The summed E-state index contributed by atoms with van der Waals surface area (Å²) in [4.78, 5) is 0. The normalized spacial score (nSPS) is 41.1. The molecule has 4 atom stereocenters. The maximum atomic E-state index is 2.66. The van der Waals surface area contributed by atoms with Crippen LogP contribution < -0.4 is 0 Å². The van der Waals surface area contributed by atoms with E-state index in [4.69, 9.17) is 0 Å². The highest BCUT2D eigenvalue weighted by atomic mass is 14.6. The van der Waals surface area contributed by atoms with Crippen LogP contribution in [0.2, 0.25) is 0 Å². The van der Waals surface area contributed by atoms with Gasteiger partial charge in [-0.25, -0.2) is 0 Å². The summed E-state index contributed by atoms with van der Waals surface area (Å²) in [5.41, 5.74) is 7.92. The van der Waals surface area contributed by atoms with Crippen LogP contribution in [-0.4, -0.2) is 0 Å². The number of rotatable bonds is 0. The summed E-state index contributed by atoms with van der Waals surface area (Å²) in [7, 11) is 0. The third-order valence-corrected chi connectivity index (χ3v) is 8.35. The van der Waals surface area contributed by atoms with Gasteiger partial charge in [0.05, 0.1) is 0 Å². The first-order chi connectivity index (χ1) is 10.7. The molecule has 0 heteroatoms. The minimum atomic E-state index is 0.422. The minimum Gasteiger partial charge on any atom is -0.0596 e. The Morgan fingerprint density at radius 2 is 1.65 bits per heavy atom. The fourth-order valence-corrected chi connectivity index (χ4v) is 7.66. The van der Waals surface area contributed by atoms with Crippen molar-refractivity contribution < 1.29 is 0 Å². The average molecular weight is 311 g/mol. The molecule has 4 rings (SSSR count). The van der Waals surface area contributed by atoms with E-state index in [0.717, 1.165) is 11.8 Å². The summed E-state index contributed by atoms with van der Waals surface area (Å²) in [5, 5.41) is 0. The van der Waals surface area contributed by atoms with Crippen molar-refractivity contribution in [3.63, 3.8) is 0 Å². The van der Waals surface area contributed by atoms with Crippen molar-refractivity contribution in [1.82, 2.24) is 0 Å². The molecule has 126 valence electrons. The molecule has 2 fully saturated rings. The summed E-state index contributed by atoms with van der Waals surface area (Å²) < 4.78 is 0. The summed E-state index contributed by atoms with van der Waals surface area (Å²) in [6.45, 7) is 15.0. The molecule has 0 radical (unpaired) electrons. The predicted octanol–water partition coefficient (Wildman–Crippen LogP) is 6.36. The summed E-state index contributed by atoms with van der Waals surface area (Å²) in [5.74, 6) is 1.77. The second-order valence-electron chi connectivity index (χ2n) is 10.2. The van der Waals surface area contributed by atoms with E-state index in [9.17, 15) is 0 Å². The van der Waals surface area contributed by atoms with Gasteiger partial charge < -0.3 is 0 Å². The molecule has 3 aliphatic carbocycles. The highest BCUT2D eigenvalue weighted by molar-refractivity contribution is 5.49. The van der Waals surface area contributed by atoms with Gasteiger partial charge in [0.1, 0.15) is 0 Å². The molecular formula is C23H34. The molecule has 0 amide bonds. The minimum absolute atomic E-state index is 0.422. The number of benzene rings is 1. The van der Waals surface area contributed by atoms with E-state index >= 15 is 0 Å². The van der Waals surface area contributed by atoms with Crippen molar-refractivity contribution in [3.05, 3.63) is 34.4 Å². The van der Waals surface area contributed by atoms with E-state index in [2.05, 4.69) is 53.7 Å².